The Bertz CT molecular complexity index is 1530. The van der Waals surface area contributed by atoms with Crippen LogP contribution in [0, 0.1) is 11.3 Å². The van der Waals surface area contributed by atoms with Crippen molar-refractivity contribution in [3.8, 4) is 17.2 Å². The van der Waals surface area contributed by atoms with Gasteiger partial charge in [-0.25, -0.2) is 13.4 Å². The molecule has 1 aliphatic heterocycles. The molecular formula is C24H21N5O3S2. The maximum absolute atomic E-state index is 12.9. The Morgan fingerprint density at radius 2 is 1.74 bits per heavy atom. The van der Waals surface area contributed by atoms with Gasteiger partial charge in [0.25, 0.3) is 5.56 Å². The summed E-state index contributed by atoms with van der Waals surface area (Å²) in [6.45, 7) is 2.17. The highest BCUT2D eigenvalue weighted by Crippen LogP contribution is 2.30. The van der Waals surface area contributed by atoms with Crippen LogP contribution in [0.25, 0.3) is 21.3 Å². The zero-order valence-corrected chi connectivity index (χ0v) is 19.8. The quantitative estimate of drug-likeness (QED) is 0.460. The summed E-state index contributed by atoms with van der Waals surface area (Å²) in [5.74, 6) is 0.572. The number of hydrogen-bond donors (Lipinski definition) is 1. The summed E-state index contributed by atoms with van der Waals surface area (Å²) in [5, 5.41) is 11.5. The van der Waals surface area contributed by atoms with E-state index in [1.54, 1.807) is 0 Å². The second kappa shape index (κ2) is 9.12. The first kappa shape index (κ1) is 22.4. The number of nitriles is 1. The number of benzene rings is 2. The Balaban J connectivity index is 1.29. The lowest BCUT2D eigenvalue weighted by Gasteiger charge is -2.33. The number of sulfonamides is 1. The average Bonchev–Trinajstić information content (AvgIpc) is 3.29. The van der Waals surface area contributed by atoms with Gasteiger partial charge in [-0.3, -0.25) is 9.69 Å². The molecule has 0 spiro atoms. The van der Waals surface area contributed by atoms with Crippen molar-refractivity contribution in [3.05, 3.63) is 81.7 Å². The minimum absolute atomic E-state index is 0.165. The van der Waals surface area contributed by atoms with Gasteiger partial charge < -0.3 is 4.98 Å². The molecule has 1 fully saturated rings. The lowest BCUT2D eigenvalue weighted by atomic mass is 10.1. The van der Waals surface area contributed by atoms with E-state index in [1.807, 2.05) is 41.8 Å². The molecule has 1 N–H and O–H groups in total. The number of H-pyrrole nitrogens is 1. The molecule has 0 saturated carbocycles. The van der Waals surface area contributed by atoms with Crippen molar-refractivity contribution in [2.45, 2.75) is 11.4 Å². The molecule has 0 aliphatic carbocycles. The van der Waals surface area contributed by atoms with Crippen molar-refractivity contribution in [2.24, 2.45) is 0 Å². The number of rotatable bonds is 5. The average molecular weight is 492 g/mol. The molecule has 3 heterocycles. The molecule has 0 radical (unpaired) electrons. The van der Waals surface area contributed by atoms with E-state index < -0.39 is 10.0 Å². The van der Waals surface area contributed by atoms with E-state index in [4.69, 9.17) is 5.26 Å². The first-order valence-corrected chi connectivity index (χ1v) is 13.1. The van der Waals surface area contributed by atoms with Crippen LogP contribution in [-0.2, 0) is 16.6 Å². The Labute approximate surface area is 200 Å². The van der Waals surface area contributed by atoms with Crippen molar-refractivity contribution in [3.63, 3.8) is 0 Å². The smallest absolute Gasteiger partial charge is 0.260 e. The van der Waals surface area contributed by atoms with E-state index in [2.05, 4.69) is 14.9 Å². The van der Waals surface area contributed by atoms with Crippen LogP contribution in [0.1, 0.15) is 11.4 Å². The van der Waals surface area contributed by atoms with E-state index in [0.29, 0.717) is 54.3 Å². The van der Waals surface area contributed by atoms with Gasteiger partial charge in [0.15, 0.2) is 0 Å². The van der Waals surface area contributed by atoms with Crippen LogP contribution in [0.15, 0.2) is 69.7 Å². The lowest BCUT2D eigenvalue weighted by Crippen LogP contribution is -2.48. The predicted molar refractivity (Wildman–Crippen MR) is 131 cm³/mol. The zero-order chi connectivity index (χ0) is 23.7. The van der Waals surface area contributed by atoms with Gasteiger partial charge in [-0.15, -0.1) is 11.3 Å². The van der Waals surface area contributed by atoms with Crippen LogP contribution in [0.2, 0.25) is 0 Å². The summed E-state index contributed by atoms with van der Waals surface area (Å²) in [7, 11) is -3.62. The molecule has 2 aromatic carbocycles. The van der Waals surface area contributed by atoms with Crippen LogP contribution in [-0.4, -0.2) is 53.8 Å². The zero-order valence-electron chi connectivity index (χ0n) is 18.1. The molecule has 172 valence electrons. The van der Waals surface area contributed by atoms with Gasteiger partial charge in [-0.05, 0) is 29.8 Å². The van der Waals surface area contributed by atoms with Crippen molar-refractivity contribution in [2.75, 3.05) is 26.2 Å². The minimum atomic E-state index is -3.62. The van der Waals surface area contributed by atoms with Gasteiger partial charge in [0.05, 0.1) is 28.5 Å². The highest BCUT2D eigenvalue weighted by atomic mass is 32.2. The third-order valence-electron chi connectivity index (χ3n) is 5.90. The third-order valence-corrected chi connectivity index (χ3v) is 8.69. The molecule has 0 amide bonds. The Morgan fingerprint density at radius 3 is 2.41 bits per heavy atom. The number of nitrogens with zero attached hydrogens (tertiary/aromatic N) is 4. The van der Waals surface area contributed by atoms with Gasteiger partial charge in [0, 0.05) is 37.1 Å². The van der Waals surface area contributed by atoms with Crippen LogP contribution >= 0.6 is 11.3 Å². The van der Waals surface area contributed by atoms with Crippen molar-refractivity contribution in [1.29, 1.82) is 5.26 Å². The number of aromatic amines is 1. The molecular weight excluding hydrogens is 470 g/mol. The van der Waals surface area contributed by atoms with E-state index in [9.17, 15) is 13.2 Å². The number of nitrogens with one attached hydrogen (secondary N) is 1. The van der Waals surface area contributed by atoms with Crippen LogP contribution in [0.5, 0.6) is 0 Å². The molecule has 5 rings (SSSR count). The highest BCUT2D eigenvalue weighted by Gasteiger charge is 2.28. The van der Waals surface area contributed by atoms with Gasteiger partial charge in [0.2, 0.25) is 10.0 Å². The molecule has 1 aliphatic rings. The fourth-order valence-electron chi connectivity index (χ4n) is 4.09. The van der Waals surface area contributed by atoms with Crippen LogP contribution in [0.3, 0.4) is 0 Å². The minimum Gasteiger partial charge on any atom is -0.309 e. The second-order valence-corrected chi connectivity index (χ2v) is 10.8. The summed E-state index contributed by atoms with van der Waals surface area (Å²) < 4.78 is 27.3. The van der Waals surface area contributed by atoms with Crippen molar-refractivity contribution >= 4 is 31.6 Å². The maximum atomic E-state index is 12.9. The highest BCUT2D eigenvalue weighted by molar-refractivity contribution is 7.89. The Morgan fingerprint density at radius 1 is 1.03 bits per heavy atom. The summed E-state index contributed by atoms with van der Waals surface area (Å²) in [4.78, 5) is 23.4. The molecule has 1 saturated heterocycles. The van der Waals surface area contributed by atoms with E-state index in [0.717, 1.165) is 11.1 Å². The Hall–Kier alpha value is -3.36. The summed E-state index contributed by atoms with van der Waals surface area (Å²) in [6.07, 6.45) is 0. The van der Waals surface area contributed by atoms with E-state index >= 15 is 0 Å². The van der Waals surface area contributed by atoms with E-state index in [-0.39, 0.29) is 10.5 Å². The number of thiophene rings is 1. The third kappa shape index (κ3) is 4.26. The largest absolute Gasteiger partial charge is 0.309 e. The first-order chi connectivity index (χ1) is 16.5. The van der Waals surface area contributed by atoms with E-state index in [1.165, 1.54) is 39.9 Å². The topological polar surface area (TPSA) is 110 Å². The molecule has 0 bridgehead atoms. The standard InChI is InChI=1S/C24H21N5O3S2/c25-14-17-6-8-19(9-7-17)34(31,32)29-12-10-28(11-13-29)15-21-26-23(30)22-20(16-33-24(22)27-21)18-4-2-1-3-5-18/h1-9,16H,10-13,15H2,(H,26,27,30). The number of aromatic nitrogens is 2. The van der Waals surface area contributed by atoms with Gasteiger partial charge in [0.1, 0.15) is 10.7 Å². The maximum Gasteiger partial charge on any atom is 0.260 e. The van der Waals surface area contributed by atoms with Crippen LogP contribution in [0.4, 0.5) is 0 Å². The summed E-state index contributed by atoms with van der Waals surface area (Å²) in [6, 6.07) is 17.7. The van der Waals surface area contributed by atoms with Crippen LogP contribution < -0.4 is 5.56 Å². The first-order valence-electron chi connectivity index (χ1n) is 10.7. The number of piperazine rings is 1. The fraction of sp³-hybridized carbons (Fsp3) is 0.208. The monoisotopic (exact) mass is 491 g/mol. The Kier molecular flexibility index (Phi) is 6.02. The molecule has 34 heavy (non-hydrogen) atoms. The molecule has 8 nitrogen and oxygen atoms in total. The molecule has 0 unspecified atom stereocenters. The van der Waals surface area contributed by atoms with Gasteiger partial charge in [-0.1, -0.05) is 30.3 Å². The lowest BCUT2D eigenvalue weighted by molar-refractivity contribution is 0.178. The van der Waals surface area contributed by atoms with Gasteiger partial charge in [-0.2, -0.15) is 9.57 Å². The fourth-order valence-corrected chi connectivity index (χ4v) is 6.48. The SMILES string of the molecule is N#Cc1ccc(S(=O)(=O)N2CCN(Cc3nc4scc(-c5ccccc5)c4c(=O)[nH]3)CC2)cc1. The molecule has 0 atom stereocenters. The molecule has 4 aromatic rings. The second-order valence-electron chi connectivity index (χ2n) is 8.02. The van der Waals surface area contributed by atoms with Gasteiger partial charge >= 0.3 is 0 Å². The summed E-state index contributed by atoms with van der Waals surface area (Å²) >= 11 is 1.45. The normalized spacial score (nSPS) is 15.4. The van der Waals surface area contributed by atoms with Crippen molar-refractivity contribution in [1.82, 2.24) is 19.2 Å². The molecule has 10 heteroatoms. The number of hydrogen-bond acceptors (Lipinski definition) is 7. The molecule has 2 aromatic heterocycles. The summed E-state index contributed by atoms with van der Waals surface area (Å²) in [5.41, 5.74) is 2.11. The predicted octanol–water partition coefficient (Wildman–Crippen LogP) is 3.03. The van der Waals surface area contributed by atoms with Crippen molar-refractivity contribution < 1.29 is 8.42 Å². The number of fused-ring (bicyclic) bond motifs is 1.